The van der Waals surface area contributed by atoms with Gasteiger partial charge in [-0.2, -0.15) is 0 Å². The Bertz CT molecular complexity index is 472. The van der Waals surface area contributed by atoms with Crippen LogP contribution in [-0.4, -0.2) is 10.2 Å². The van der Waals surface area contributed by atoms with Gasteiger partial charge >= 0.3 is 0 Å². The van der Waals surface area contributed by atoms with E-state index in [0.29, 0.717) is 26.3 Å². The van der Waals surface area contributed by atoms with Gasteiger partial charge in [-0.1, -0.05) is 23.2 Å². The van der Waals surface area contributed by atoms with Crippen LogP contribution in [0.2, 0.25) is 10.0 Å². The molecule has 0 aliphatic rings. The van der Waals surface area contributed by atoms with Crippen molar-refractivity contribution in [1.82, 2.24) is 10.2 Å². The number of halogens is 3. The van der Waals surface area contributed by atoms with E-state index >= 15 is 0 Å². The van der Waals surface area contributed by atoms with E-state index in [9.17, 15) is 0 Å². The maximum atomic E-state index is 5.94. The minimum atomic E-state index is 0.309. The first-order valence-corrected chi connectivity index (χ1v) is 5.16. The molecule has 0 amide bonds. The normalized spacial score (nSPS) is 10.5. The van der Waals surface area contributed by atoms with Gasteiger partial charge in [0.15, 0.2) is 0 Å². The molecule has 1 aromatic carbocycles. The molecule has 0 aliphatic carbocycles. The van der Waals surface area contributed by atoms with E-state index in [1.165, 1.54) is 0 Å². The lowest BCUT2D eigenvalue weighted by molar-refractivity contribution is 0.540. The Labute approximate surface area is 98.2 Å². The predicted molar refractivity (Wildman–Crippen MR) is 57.5 cm³/mol. The molecule has 0 N–H and O–H groups in total. The van der Waals surface area contributed by atoms with Gasteiger partial charge in [0.05, 0.1) is 10.6 Å². The highest BCUT2D eigenvalue weighted by atomic mass is 79.9. The third-order valence-electron chi connectivity index (χ3n) is 1.56. The molecular weight excluding hydrogens is 291 g/mol. The van der Waals surface area contributed by atoms with Gasteiger partial charge in [0.2, 0.25) is 5.89 Å². The minimum Gasteiger partial charge on any atom is -0.411 e. The fourth-order valence-corrected chi connectivity index (χ4v) is 1.58. The smallest absolute Gasteiger partial charge is 0.285 e. The van der Waals surface area contributed by atoms with Crippen molar-refractivity contribution in [2.24, 2.45) is 0 Å². The molecule has 0 bridgehead atoms. The van der Waals surface area contributed by atoms with Gasteiger partial charge in [-0.15, -0.1) is 10.2 Å². The van der Waals surface area contributed by atoms with Crippen molar-refractivity contribution in [1.29, 1.82) is 0 Å². The highest BCUT2D eigenvalue weighted by Crippen LogP contribution is 2.30. The molecule has 1 heterocycles. The van der Waals surface area contributed by atoms with E-state index in [-0.39, 0.29) is 0 Å². The Morgan fingerprint density at radius 1 is 1.21 bits per heavy atom. The molecule has 6 heteroatoms. The molecule has 0 aliphatic heterocycles. The van der Waals surface area contributed by atoms with Crippen molar-refractivity contribution >= 4 is 39.1 Å². The molecule has 0 saturated heterocycles. The number of aromatic nitrogens is 2. The molecule has 14 heavy (non-hydrogen) atoms. The van der Waals surface area contributed by atoms with E-state index < -0.39 is 0 Å². The fraction of sp³-hybridized carbons (Fsp3) is 0. The summed E-state index contributed by atoms with van der Waals surface area (Å²) in [6.07, 6.45) is 0. The molecule has 0 saturated carbocycles. The summed E-state index contributed by atoms with van der Waals surface area (Å²) in [6, 6.07) is 5.04. The van der Waals surface area contributed by atoms with Crippen molar-refractivity contribution in [2.75, 3.05) is 0 Å². The first-order valence-electron chi connectivity index (χ1n) is 3.61. The SMILES string of the molecule is Clc1ccc(Cl)c(-c2nnc(Br)o2)c1. The van der Waals surface area contributed by atoms with Crippen molar-refractivity contribution in [3.8, 4) is 11.5 Å². The maximum absolute atomic E-state index is 5.94. The van der Waals surface area contributed by atoms with Gasteiger partial charge in [0, 0.05) is 21.0 Å². The quantitative estimate of drug-likeness (QED) is 0.802. The Morgan fingerprint density at radius 2 is 2.00 bits per heavy atom. The van der Waals surface area contributed by atoms with Crippen LogP contribution in [0.1, 0.15) is 0 Å². The van der Waals surface area contributed by atoms with Gasteiger partial charge in [0.1, 0.15) is 0 Å². The van der Waals surface area contributed by atoms with Gasteiger partial charge in [0.25, 0.3) is 4.80 Å². The number of nitrogens with zero attached hydrogens (tertiary/aromatic N) is 2. The molecule has 0 atom stereocenters. The Kier molecular flexibility index (Phi) is 2.76. The van der Waals surface area contributed by atoms with Crippen LogP contribution in [0.5, 0.6) is 0 Å². The Hall–Kier alpha value is -0.580. The van der Waals surface area contributed by atoms with Gasteiger partial charge < -0.3 is 4.42 Å². The van der Waals surface area contributed by atoms with Crippen LogP contribution < -0.4 is 0 Å². The summed E-state index contributed by atoms with van der Waals surface area (Å²) in [7, 11) is 0. The topological polar surface area (TPSA) is 38.9 Å². The van der Waals surface area contributed by atoms with Crippen LogP contribution in [0.25, 0.3) is 11.5 Å². The average Bonchev–Trinajstić information content (AvgIpc) is 2.56. The lowest BCUT2D eigenvalue weighted by Gasteiger charge is -1.98. The number of benzene rings is 1. The van der Waals surface area contributed by atoms with Crippen molar-refractivity contribution in [2.45, 2.75) is 0 Å². The Balaban J connectivity index is 2.55. The van der Waals surface area contributed by atoms with E-state index in [1.807, 2.05) is 0 Å². The van der Waals surface area contributed by atoms with E-state index in [2.05, 4.69) is 26.1 Å². The van der Waals surface area contributed by atoms with Crippen LogP contribution >= 0.6 is 39.1 Å². The molecule has 0 radical (unpaired) electrons. The number of hydrogen-bond acceptors (Lipinski definition) is 3. The molecule has 2 rings (SSSR count). The number of hydrogen-bond donors (Lipinski definition) is 0. The largest absolute Gasteiger partial charge is 0.411 e. The minimum absolute atomic E-state index is 0.309. The van der Waals surface area contributed by atoms with E-state index in [0.717, 1.165) is 0 Å². The van der Waals surface area contributed by atoms with Crippen LogP contribution in [-0.2, 0) is 0 Å². The molecule has 0 fully saturated rings. The van der Waals surface area contributed by atoms with Crippen molar-refractivity contribution in [3.05, 3.63) is 33.0 Å². The van der Waals surface area contributed by atoms with Crippen LogP contribution in [0, 0.1) is 0 Å². The van der Waals surface area contributed by atoms with Crippen LogP contribution in [0.4, 0.5) is 0 Å². The van der Waals surface area contributed by atoms with Gasteiger partial charge in [-0.25, -0.2) is 0 Å². The molecule has 1 aromatic heterocycles. The van der Waals surface area contributed by atoms with Crippen LogP contribution in [0.3, 0.4) is 0 Å². The summed E-state index contributed by atoms with van der Waals surface area (Å²) < 4.78 is 5.16. The zero-order valence-corrected chi connectivity index (χ0v) is 9.77. The molecule has 2 aromatic rings. The molecule has 3 nitrogen and oxygen atoms in total. The Morgan fingerprint density at radius 3 is 2.64 bits per heavy atom. The highest BCUT2D eigenvalue weighted by molar-refractivity contribution is 9.10. The summed E-state index contributed by atoms with van der Waals surface area (Å²) in [4.78, 5) is 0.309. The zero-order chi connectivity index (χ0) is 10.1. The second-order valence-corrected chi connectivity index (χ2v) is 4.01. The number of rotatable bonds is 1. The second-order valence-electron chi connectivity index (χ2n) is 2.48. The second kappa shape index (κ2) is 3.88. The predicted octanol–water partition coefficient (Wildman–Crippen LogP) is 3.81. The third-order valence-corrected chi connectivity index (χ3v) is 2.44. The van der Waals surface area contributed by atoms with Gasteiger partial charge in [-0.05, 0) is 18.2 Å². The van der Waals surface area contributed by atoms with Gasteiger partial charge in [-0.3, -0.25) is 0 Å². The first-order chi connectivity index (χ1) is 6.66. The maximum Gasteiger partial charge on any atom is 0.285 e. The molecule has 0 unspecified atom stereocenters. The molecular formula is C8H3BrCl2N2O. The highest BCUT2D eigenvalue weighted by Gasteiger charge is 2.10. The monoisotopic (exact) mass is 292 g/mol. The standard InChI is InChI=1S/C8H3BrCl2N2O/c9-8-13-12-7(14-8)5-3-4(10)1-2-6(5)11/h1-3H. The summed E-state index contributed by atoms with van der Waals surface area (Å²) in [5.41, 5.74) is 0.623. The zero-order valence-electron chi connectivity index (χ0n) is 6.67. The first kappa shape index (κ1) is 9.96. The summed E-state index contributed by atoms with van der Waals surface area (Å²) in [5.74, 6) is 0.337. The molecule has 72 valence electrons. The van der Waals surface area contributed by atoms with E-state index in [4.69, 9.17) is 27.6 Å². The fourth-order valence-electron chi connectivity index (χ4n) is 0.976. The summed E-state index contributed by atoms with van der Waals surface area (Å²) in [5, 5.41) is 8.53. The molecule has 0 spiro atoms. The van der Waals surface area contributed by atoms with Crippen molar-refractivity contribution in [3.63, 3.8) is 0 Å². The summed E-state index contributed by atoms with van der Waals surface area (Å²) >= 11 is 14.8. The third kappa shape index (κ3) is 1.92. The van der Waals surface area contributed by atoms with Crippen molar-refractivity contribution < 1.29 is 4.42 Å². The summed E-state index contributed by atoms with van der Waals surface area (Å²) in [6.45, 7) is 0. The average molecular weight is 294 g/mol. The van der Waals surface area contributed by atoms with E-state index in [1.54, 1.807) is 18.2 Å². The lowest BCUT2D eigenvalue weighted by atomic mass is 10.2. The lowest BCUT2D eigenvalue weighted by Crippen LogP contribution is -1.79. The van der Waals surface area contributed by atoms with Crippen LogP contribution in [0.15, 0.2) is 27.4 Å².